The average Bonchev–Trinajstić information content (AvgIpc) is 3.48. The van der Waals surface area contributed by atoms with Gasteiger partial charge in [-0.05, 0) is 31.4 Å². The SMILES string of the molecule is N#Cc1cc(-c2ccnc(Nc3cnn(C4CCOCC4)c3)n2)cnc1N1CCC(F)C1. The summed E-state index contributed by atoms with van der Waals surface area (Å²) in [5, 5.41) is 17.3. The van der Waals surface area contributed by atoms with E-state index in [4.69, 9.17) is 4.74 Å². The van der Waals surface area contributed by atoms with Crippen LogP contribution < -0.4 is 10.2 Å². The van der Waals surface area contributed by atoms with E-state index in [1.807, 2.05) is 15.8 Å². The average molecular weight is 434 g/mol. The highest BCUT2D eigenvalue weighted by Gasteiger charge is 2.25. The summed E-state index contributed by atoms with van der Waals surface area (Å²) in [7, 11) is 0. The number of aromatic nitrogens is 5. The summed E-state index contributed by atoms with van der Waals surface area (Å²) in [6.45, 7) is 2.33. The predicted molar refractivity (Wildman–Crippen MR) is 116 cm³/mol. The van der Waals surface area contributed by atoms with Crippen LogP contribution in [0, 0.1) is 11.3 Å². The van der Waals surface area contributed by atoms with Crippen LogP contribution in [0.25, 0.3) is 11.3 Å². The predicted octanol–water partition coefficient (Wildman–Crippen LogP) is 3.25. The minimum atomic E-state index is -0.880. The molecule has 0 aromatic carbocycles. The lowest BCUT2D eigenvalue weighted by atomic mass is 10.1. The highest BCUT2D eigenvalue weighted by atomic mass is 19.1. The van der Waals surface area contributed by atoms with Gasteiger partial charge in [0.05, 0.1) is 35.7 Å². The van der Waals surface area contributed by atoms with E-state index in [9.17, 15) is 9.65 Å². The molecule has 2 aliphatic heterocycles. The molecule has 0 amide bonds. The lowest BCUT2D eigenvalue weighted by Gasteiger charge is -2.22. The van der Waals surface area contributed by atoms with E-state index in [0.29, 0.717) is 47.6 Å². The summed E-state index contributed by atoms with van der Waals surface area (Å²) in [5.41, 5.74) is 2.54. The Morgan fingerprint density at radius 3 is 2.84 bits per heavy atom. The first-order valence-electron chi connectivity index (χ1n) is 10.7. The quantitative estimate of drug-likeness (QED) is 0.653. The summed E-state index contributed by atoms with van der Waals surface area (Å²) in [5.74, 6) is 0.945. The van der Waals surface area contributed by atoms with Crippen LogP contribution >= 0.6 is 0 Å². The van der Waals surface area contributed by atoms with E-state index in [1.54, 1.807) is 30.7 Å². The molecular formula is C22H23FN8O. The minimum Gasteiger partial charge on any atom is -0.381 e. The number of halogens is 1. The van der Waals surface area contributed by atoms with E-state index in [2.05, 4.69) is 31.4 Å². The fraction of sp³-hybridized carbons (Fsp3) is 0.409. The van der Waals surface area contributed by atoms with Crippen molar-refractivity contribution in [2.24, 2.45) is 0 Å². The van der Waals surface area contributed by atoms with Crippen molar-refractivity contribution in [1.29, 1.82) is 5.26 Å². The van der Waals surface area contributed by atoms with Crippen molar-refractivity contribution in [2.45, 2.75) is 31.5 Å². The van der Waals surface area contributed by atoms with Crippen molar-refractivity contribution >= 4 is 17.5 Å². The number of anilines is 3. The van der Waals surface area contributed by atoms with E-state index in [-0.39, 0.29) is 6.54 Å². The molecule has 0 spiro atoms. The highest BCUT2D eigenvalue weighted by Crippen LogP contribution is 2.28. The Labute approximate surface area is 184 Å². The Morgan fingerprint density at radius 2 is 2.06 bits per heavy atom. The number of pyridine rings is 1. The maximum absolute atomic E-state index is 13.6. The van der Waals surface area contributed by atoms with Crippen LogP contribution in [0.1, 0.15) is 30.9 Å². The van der Waals surface area contributed by atoms with Gasteiger partial charge in [-0.3, -0.25) is 4.68 Å². The standard InChI is InChI=1S/C22H23FN8O/c23-17-2-6-30(13-17)21-15(10-24)9-16(11-26-21)20-1-5-25-22(29-20)28-18-12-27-31(14-18)19-3-7-32-8-4-19/h1,5,9,11-12,14,17,19H,2-4,6-8,13H2,(H,25,28,29). The third kappa shape index (κ3) is 4.24. The molecule has 32 heavy (non-hydrogen) atoms. The summed E-state index contributed by atoms with van der Waals surface area (Å²) in [4.78, 5) is 15.1. The molecule has 0 saturated carbocycles. The molecule has 2 fully saturated rings. The number of hydrogen-bond donors (Lipinski definition) is 1. The molecule has 164 valence electrons. The van der Waals surface area contributed by atoms with E-state index < -0.39 is 6.17 Å². The maximum atomic E-state index is 13.6. The minimum absolute atomic E-state index is 0.268. The summed E-state index contributed by atoms with van der Waals surface area (Å²) in [6.07, 6.45) is 8.49. The molecule has 1 unspecified atom stereocenters. The first-order valence-corrected chi connectivity index (χ1v) is 10.7. The number of rotatable bonds is 5. The normalized spacial score (nSPS) is 19.1. The van der Waals surface area contributed by atoms with Crippen molar-refractivity contribution < 1.29 is 9.13 Å². The van der Waals surface area contributed by atoms with Crippen LogP contribution in [-0.2, 0) is 4.74 Å². The van der Waals surface area contributed by atoms with Crippen LogP contribution in [0.15, 0.2) is 36.9 Å². The third-order valence-electron chi connectivity index (χ3n) is 5.79. The van der Waals surface area contributed by atoms with E-state index >= 15 is 0 Å². The Balaban J connectivity index is 1.34. The van der Waals surface area contributed by atoms with Gasteiger partial charge in [0.15, 0.2) is 0 Å². The molecule has 1 N–H and O–H groups in total. The van der Waals surface area contributed by atoms with Gasteiger partial charge >= 0.3 is 0 Å². The molecule has 9 nitrogen and oxygen atoms in total. The Hall–Kier alpha value is -3.58. The van der Waals surface area contributed by atoms with Gasteiger partial charge in [0.2, 0.25) is 5.95 Å². The number of nitrogens with one attached hydrogen (secondary N) is 1. The molecule has 5 heterocycles. The zero-order valence-electron chi connectivity index (χ0n) is 17.5. The highest BCUT2D eigenvalue weighted by molar-refractivity contribution is 5.67. The zero-order valence-corrected chi connectivity index (χ0v) is 17.5. The molecular weight excluding hydrogens is 411 g/mol. The van der Waals surface area contributed by atoms with Gasteiger partial charge < -0.3 is 15.0 Å². The second kappa shape index (κ2) is 8.88. The molecule has 5 rings (SSSR count). The van der Waals surface area contributed by atoms with Gasteiger partial charge in [-0.2, -0.15) is 10.4 Å². The van der Waals surface area contributed by atoms with Gasteiger partial charge in [-0.25, -0.2) is 19.3 Å². The second-order valence-electron chi connectivity index (χ2n) is 7.98. The number of alkyl halides is 1. The third-order valence-corrected chi connectivity index (χ3v) is 5.79. The van der Waals surface area contributed by atoms with Crippen molar-refractivity contribution in [3.8, 4) is 17.3 Å². The number of hydrogen-bond acceptors (Lipinski definition) is 8. The van der Waals surface area contributed by atoms with Gasteiger partial charge in [-0.1, -0.05) is 0 Å². The number of nitriles is 1. The summed E-state index contributed by atoms with van der Waals surface area (Å²) < 4.78 is 21.0. The van der Waals surface area contributed by atoms with E-state index in [0.717, 1.165) is 31.7 Å². The Bertz CT molecular complexity index is 1140. The lowest BCUT2D eigenvalue weighted by Crippen LogP contribution is -2.22. The summed E-state index contributed by atoms with van der Waals surface area (Å²) in [6, 6.07) is 6.02. The Morgan fingerprint density at radius 1 is 1.19 bits per heavy atom. The van der Waals surface area contributed by atoms with E-state index in [1.165, 1.54) is 0 Å². The van der Waals surface area contributed by atoms with Crippen molar-refractivity contribution in [1.82, 2.24) is 24.7 Å². The molecule has 2 aliphatic rings. The number of ether oxygens (including phenoxy) is 1. The first-order chi connectivity index (χ1) is 15.7. The van der Waals surface area contributed by atoms with Gasteiger partial charge in [0, 0.05) is 43.9 Å². The van der Waals surface area contributed by atoms with Gasteiger partial charge in [0.25, 0.3) is 0 Å². The van der Waals surface area contributed by atoms with Gasteiger partial charge in [0.1, 0.15) is 18.1 Å². The zero-order chi connectivity index (χ0) is 21.9. The monoisotopic (exact) mass is 434 g/mol. The topological polar surface area (TPSA) is 105 Å². The largest absolute Gasteiger partial charge is 0.381 e. The molecule has 0 bridgehead atoms. The fourth-order valence-electron chi connectivity index (χ4n) is 4.10. The number of nitrogens with zero attached hydrogens (tertiary/aromatic N) is 7. The Kier molecular flexibility index (Phi) is 5.64. The summed E-state index contributed by atoms with van der Waals surface area (Å²) >= 11 is 0. The van der Waals surface area contributed by atoms with Gasteiger partial charge in [-0.15, -0.1) is 0 Å². The van der Waals surface area contributed by atoms with Crippen LogP contribution in [0.5, 0.6) is 0 Å². The van der Waals surface area contributed by atoms with Crippen LogP contribution in [0.2, 0.25) is 0 Å². The molecule has 2 saturated heterocycles. The lowest BCUT2D eigenvalue weighted by molar-refractivity contribution is 0.0662. The molecule has 3 aromatic rings. The molecule has 3 aromatic heterocycles. The van der Waals surface area contributed by atoms with Crippen molar-refractivity contribution in [2.75, 3.05) is 36.5 Å². The first kappa shape index (κ1) is 20.3. The molecule has 10 heteroatoms. The molecule has 0 aliphatic carbocycles. The van der Waals surface area contributed by atoms with Crippen molar-refractivity contribution in [3.05, 3.63) is 42.5 Å². The second-order valence-corrected chi connectivity index (χ2v) is 7.98. The molecule has 1 atom stereocenters. The van der Waals surface area contributed by atoms with Crippen LogP contribution in [-0.4, -0.2) is 57.2 Å². The van der Waals surface area contributed by atoms with Crippen LogP contribution in [0.4, 0.5) is 21.8 Å². The fourth-order valence-corrected chi connectivity index (χ4v) is 4.10. The smallest absolute Gasteiger partial charge is 0.227 e. The van der Waals surface area contributed by atoms with Crippen LogP contribution in [0.3, 0.4) is 0 Å². The van der Waals surface area contributed by atoms with Crippen molar-refractivity contribution in [3.63, 3.8) is 0 Å². The maximum Gasteiger partial charge on any atom is 0.227 e. The molecule has 0 radical (unpaired) electrons.